The van der Waals surface area contributed by atoms with Crippen molar-refractivity contribution in [3.8, 4) is 0 Å². The van der Waals surface area contributed by atoms with Crippen molar-refractivity contribution in [1.82, 2.24) is 5.32 Å². The molecule has 0 bridgehead atoms. The maximum absolute atomic E-state index is 12.5. The van der Waals surface area contributed by atoms with Gasteiger partial charge in [0.25, 0.3) is 0 Å². The van der Waals surface area contributed by atoms with Crippen molar-refractivity contribution in [3.63, 3.8) is 0 Å². The van der Waals surface area contributed by atoms with Crippen molar-refractivity contribution in [3.05, 3.63) is 12.2 Å². The molecule has 0 saturated heterocycles. The Morgan fingerprint density at radius 3 is 2.17 bits per heavy atom. The van der Waals surface area contributed by atoms with Gasteiger partial charge < -0.3 is 21.1 Å². The Morgan fingerprint density at radius 1 is 0.889 bits per heavy atom. The van der Waals surface area contributed by atoms with Gasteiger partial charge in [-0.25, -0.2) is 4.57 Å². The van der Waals surface area contributed by atoms with Crippen molar-refractivity contribution in [2.45, 2.75) is 135 Å². The van der Waals surface area contributed by atoms with Crippen LogP contribution in [0.4, 0.5) is 0 Å². The summed E-state index contributed by atoms with van der Waals surface area (Å²) >= 11 is 0. The highest BCUT2D eigenvalue weighted by Gasteiger charge is 2.27. The summed E-state index contributed by atoms with van der Waals surface area (Å²) in [5.74, 6) is -0.180. The summed E-state index contributed by atoms with van der Waals surface area (Å²) in [5.41, 5.74) is 5.31. The predicted molar refractivity (Wildman–Crippen MR) is 148 cm³/mol. The van der Waals surface area contributed by atoms with E-state index >= 15 is 0 Å². The first-order valence-corrected chi connectivity index (χ1v) is 15.8. The third-order valence-electron chi connectivity index (χ3n) is 6.10. The summed E-state index contributed by atoms with van der Waals surface area (Å²) in [4.78, 5) is 22.3. The molecule has 0 radical (unpaired) electrons. The van der Waals surface area contributed by atoms with Crippen molar-refractivity contribution < 1.29 is 28.4 Å². The summed E-state index contributed by atoms with van der Waals surface area (Å²) < 4.78 is 21.8. The number of nitrogens with one attached hydrogen (secondary N) is 1. The van der Waals surface area contributed by atoms with Gasteiger partial charge in [-0.05, 0) is 32.1 Å². The molecule has 0 fully saturated rings. The molecule has 0 heterocycles. The number of hydrogen-bond acceptors (Lipinski definition) is 6. The summed E-state index contributed by atoms with van der Waals surface area (Å²) in [6.07, 6.45) is 20.9. The van der Waals surface area contributed by atoms with E-state index in [0.717, 1.165) is 57.8 Å². The van der Waals surface area contributed by atoms with Crippen molar-refractivity contribution in [2.24, 2.45) is 5.73 Å². The molecule has 3 atom stereocenters. The zero-order valence-corrected chi connectivity index (χ0v) is 23.9. The van der Waals surface area contributed by atoms with E-state index in [1.54, 1.807) is 0 Å². The smallest absolute Gasteiger partial charge is 0.391 e. The lowest BCUT2D eigenvalue weighted by molar-refractivity contribution is -0.123. The molecule has 0 aliphatic carbocycles. The standard InChI is InChI=1S/C27H55N2O6P/c1-3-5-7-9-11-12-13-15-17-19-21-27(31)29-25(24-35-36(32,33)34-23-22-28)26(30)20-18-16-14-10-8-6-4-2/h7,9,25-26,30H,3-6,8,10-24,28H2,1-2H3,(H,29,31)(H,32,33)/b9-7-. The molecule has 0 aromatic rings. The summed E-state index contributed by atoms with van der Waals surface area (Å²) in [5, 5.41) is 13.5. The molecule has 0 aliphatic rings. The fraction of sp³-hybridized carbons (Fsp3) is 0.889. The molecule has 0 aliphatic heterocycles. The highest BCUT2D eigenvalue weighted by Crippen LogP contribution is 2.43. The molecule has 214 valence electrons. The highest BCUT2D eigenvalue weighted by atomic mass is 31.2. The van der Waals surface area contributed by atoms with E-state index in [4.69, 9.17) is 14.8 Å². The minimum Gasteiger partial charge on any atom is -0.391 e. The van der Waals surface area contributed by atoms with Crippen LogP contribution in [-0.4, -0.2) is 47.8 Å². The van der Waals surface area contributed by atoms with Gasteiger partial charge in [0.1, 0.15) is 0 Å². The number of carbonyl (C=O) groups is 1. The number of nitrogens with two attached hydrogens (primary N) is 1. The molecule has 1 amide bonds. The molecule has 5 N–H and O–H groups in total. The number of rotatable bonds is 26. The zero-order chi connectivity index (χ0) is 26.9. The van der Waals surface area contributed by atoms with Gasteiger partial charge in [-0.15, -0.1) is 0 Å². The fourth-order valence-electron chi connectivity index (χ4n) is 3.90. The Labute approximate surface area is 220 Å². The van der Waals surface area contributed by atoms with E-state index in [1.807, 2.05) is 0 Å². The third-order valence-corrected chi connectivity index (χ3v) is 7.08. The van der Waals surface area contributed by atoms with E-state index in [9.17, 15) is 19.4 Å². The Balaban J connectivity index is 4.42. The molecule has 0 rings (SSSR count). The number of allylic oxidation sites excluding steroid dienone is 2. The monoisotopic (exact) mass is 534 g/mol. The van der Waals surface area contributed by atoms with Gasteiger partial charge in [0.05, 0.1) is 25.4 Å². The van der Waals surface area contributed by atoms with E-state index in [-0.39, 0.29) is 25.7 Å². The fourth-order valence-corrected chi connectivity index (χ4v) is 4.66. The van der Waals surface area contributed by atoms with Crippen molar-refractivity contribution >= 4 is 13.7 Å². The summed E-state index contributed by atoms with van der Waals surface area (Å²) in [7, 11) is -4.29. The van der Waals surface area contributed by atoms with Crippen LogP contribution in [0.3, 0.4) is 0 Å². The van der Waals surface area contributed by atoms with E-state index in [0.29, 0.717) is 12.8 Å². The van der Waals surface area contributed by atoms with Gasteiger partial charge in [0.2, 0.25) is 5.91 Å². The van der Waals surface area contributed by atoms with Crippen LogP contribution in [0.2, 0.25) is 0 Å². The second-order valence-corrected chi connectivity index (χ2v) is 11.1. The first-order valence-electron chi connectivity index (χ1n) is 14.3. The molecule has 3 unspecified atom stereocenters. The Bertz CT molecular complexity index is 591. The SMILES string of the molecule is CCC/C=C\CCCCCCCC(=O)NC(COP(=O)(O)OCCN)C(O)CCCCCCCCC. The number of aliphatic hydroxyl groups excluding tert-OH is 1. The average Bonchev–Trinajstić information content (AvgIpc) is 2.85. The second-order valence-electron chi connectivity index (χ2n) is 9.60. The van der Waals surface area contributed by atoms with E-state index in [2.05, 4.69) is 31.3 Å². The number of phosphoric ester groups is 1. The molecule has 9 heteroatoms. The van der Waals surface area contributed by atoms with Crippen LogP contribution in [0.25, 0.3) is 0 Å². The van der Waals surface area contributed by atoms with Crippen LogP contribution in [0.5, 0.6) is 0 Å². The average molecular weight is 535 g/mol. The number of hydrogen-bond donors (Lipinski definition) is 4. The van der Waals surface area contributed by atoms with E-state index in [1.165, 1.54) is 38.5 Å². The van der Waals surface area contributed by atoms with Gasteiger partial charge in [0.15, 0.2) is 0 Å². The first kappa shape index (κ1) is 35.2. The minimum atomic E-state index is -4.29. The summed E-state index contributed by atoms with van der Waals surface area (Å²) in [6.45, 7) is 4.04. The maximum Gasteiger partial charge on any atom is 0.472 e. The molecule has 0 aromatic carbocycles. The van der Waals surface area contributed by atoms with Crippen molar-refractivity contribution in [2.75, 3.05) is 19.8 Å². The molecular formula is C27H55N2O6P. The summed E-state index contributed by atoms with van der Waals surface area (Å²) in [6, 6.07) is -0.769. The normalized spacial score (nSPS) is 15.1. The van der Waals surface area contributed by atoms with Gasteiger partial charge in [-0.1, -0.05) is 96.6 Å². The molecular weight excluding hydrogens is 479 g/mol. The minimum absolute atomic E-state index is 0.0878. The zero-order valence-electron chi connectivity index (χ0n) is 23.0. The topological polar surface area (TPSA) is 131 Å². The van der Waals surface area contributed by atoms with Crippen molar-refractivity contribution in [1.29, 1.82) is 0 Å². The number of aliphatic hydroxyl groups is 1. The highest BCUT2D eigenvalue weighted by molar-refractivity contribution is 7.47. The maximum atomic E-state index is 12.5. The first-order chi connectivity index (χ1) is 17.4. The van der Waals surface area contributed by atoms with Gasteiger partial charge in [0, 0.05) is 13.0 Å². The number of amides is 1. The van der Waals surface area contributed by atoms with Gasteiger partial charge in [-0.2, -0.15) is 0 Å². The Hall–Kier alpha value is -0.760. The largest absolute Gasteiger partial charge is 0.472 e. The van der Waals surface area contributed by atoms with Gasteiger partial charge in [-0.3, -0.25) is 13.8 Å². The number of phosphoric acid groups is 1. The second kappa shape index (κ2) is 24.6. The van der Waals surface area contributed by atoms with Gasteiger partial charge >= 0.3 is 7.82 Å². The van der Waals surface area contributed by atoms with E-state index < -0.39 is 20.0 Å². The number of unbranched alkanes of at least 4 members (excludes halogenated alkanes) is 12. The lowest BCUT2D eigenvalue weighted by atomic mass is 10.0. The van der Waals surface area contributed by atoms with Crippen LogP contribution in [0.1, 0.15) is 123 Å². The quantitative estimate of drug-likeness (QED) is 0.0594. The van der Waals surface area contributed by atoms with Crippen LogP contribution in [0, 0.1) is 0 Å². The Kier molecular flexibility index (Phi) is 24.1. The van der Waals surface area contributed by atoms with Crippen LogP contribution in [0.15, 0.2) is 12.2 Å². The molecule has 0 spiro atoms. The molecule has 0 saturated carbocycles. The molecule has 8 nitrogen and oxygen atoms in total. The predicted octanol–water partition coefficient (Wildman–Crippen LogP) is 6.15. The van der Waals surface area contributed by atoms with Crippen LogP contribution >= 0.6 is 7.82 Å². The molecule has 36 heavy (non-hydrogen) atoms. The lowest BCUT2D eigenvalue weighted by Gasteiger charge is -2.25. The lowest BCUT2D eigenvalue weighted by Crippen LogP contribution is -2.46. The molecule has 0 aromatic heterocycles. The van der Waals surface area contributed by atoms with Crippen LogP contribution in [-0.2, 0) is 18.4 Å². The van der Waals surface area contributed by atoms with Crippen LogP contribution < -0.4 is 11.1 Å². The number of carbonyl (C=O) groups excluding carboxylic acids is 1. The third kappa shape index (κ3) is 22.4. The Morgan fingerprint density at radius 2 is 1.50 bits per heavy atom.